The maximum absolute atomic E-state index is 13.0. The van der Waals surface area contributed by atoms with Crippen LogP contribution in [0, 0.1) is 0 Å². The standard InChI is InChI=1S/C13H10BrFN2O3S/c14-9-2-3-11-8(5-9)1-4-12(16-11)17-7-10(6-13(17)18)21(15,19)20/h1-5,10H,6-7H2. The van der Waals surface area contributed by atoms with Crippen LogP contribution in [0.15, 0.2) is 34.8 Å². The quantitative estimate of drug-likeness (QED) is 0.759. The van der Waals surface area contributed by atoms with Gasteiger partial charge in [-0.3, -0.25) is 9.69 Å². The number of hydrogen-bond acceptors (Lipinski definition) is 4. The van der Waals surface area contributed by atoms with Crippen LogP contribution in [0.1, 0.15) is 6.42 Å². The van der Waals surface area contributed by atoms with Crippen LogP contribution in [0.5, 0.6) is 0 Å². The Balaban J connectivity index is 1.97. The molecule has 0 spiro atoms. The lowest BCUT2D eigenvalue weighted by Crippen LogP contribution is -2.27. The number of halogens is 2. The molecule has 1 amide bonds. The fourth-order valence-corrected chi connectivity index (χ4v) is 3.37. The first kappa shape index (κ1) is 14.4. The van der Waals surface area contributed by atoms with Crippen molar-refractivity contribution in [2.45, 2.75) is 11.7 Å². The van der Waals surface area contributed by atoms with Gasteiger partial charge in [0.25, 0.3) is 0 Å². The van der Waals surface area contributed by atoms with Gasteiger partial charge in [-0.15, -0.1) is 3.89 Å². The smallest absolute Gasteiger partial charge is 0.295 e. The minimum atomic E-state index is -4.72. The second-order valence-corrected chi connectivity index (χ2v) is 7.35. The Hall–Kier alpha value is -1.54. The van der Waals surface area contributed by atoms with Crippen molar-refractivity contribution in [3.8, 4) is 0 Å². The monoisotopic (exact) mass is 372 g/mol. The van der Waals surface area contributed by atoms with Gasteiger partial charge in [0.05, 0.1) is 5.52 Å². The van der Waals surface area contributed by atoms with Crippen LogP contribution in [0.2, 0.25) is 0 Å². The van der Waals surface area contributed by atoms with E-state index in [1.165, 1.54) is 4.90 Å². The van der Waals surface area contributed by atoms with E-state index in [-0.39, 0.29) is 13.0 Å². The average Bonchev–Trinajstić information content (AvgIpc) is 2.80. The molecule has 3 rings (SSSR count). The number of benzene rings is 1. The molecular weight excluding hydrogens is 363 g/mol. The Labute approximate surface area is 129 Å². The number of nitrogens with zero attached hydrogens (tertiary/aromatic N) is 2. The minimum absolute atomic E-state index is 0.202. The van der Waals surface area contributed by atoms with Crippen LogP contribution in [0.4, 0.5) is 9.70 Å². The van der Waals surface area contributed by atoms with Crippen molar-refractivity contribution >= 4 is 48.8 Å². The molecule has 1 fully saturated rings. The molecule has 21 heavy (non-hydrogen) atoms. The molecule has 1 aliphatic heterocycles. The first-order valence-electron chi connectivity index (χ1n) is 6.15. The maximum atomic E-state index is 13.0. The van der Waals surface area contributed by atoms with E-state index in [0.29, 0.717) is 11.3 Å². The summed E-state index contributed by atoms with van der Waals surface area (Å²) < 4.78 is 35.8. The molecule has 0 radical (unpaired) electrons. The number of carbonyl (C=O) groups is 1. The van der Waals surface area contributed by atoms with E-state index in [1.54, 1.807) is 18.2 Å². The number of amides is 1. The van der Waals surface area contributed by atoms with Crippen LogP contribution >= 0.6 is 15.9 Å². The fraction of sp³-hybridized carbons (Fsp3) is 0.231. The van der Waals surface area contributed by atoms with E-state index in [4.69, 9.17) is 0 Å². The van der Waals surface area contributed by atoms with E-state index in [0.717, 1.165) is 9.86 Å². The molecule has 0 aliphatic carbocycles. The molecule has 8 heteroatoms. The van der Waals surface area contributed by atoms with Crippen LogP contribution in [0.25, 0.3) is 10.9 Å². The van der Waals surface area contributed by atoms with E-state index in [1.807, 2.05) is 12.1 Å². The summed E-state index contributed by atoms with van der Waals surface area (Å²) in [6.07, 6.45) is -0.348. The van der Waals surface area contributed by atoms with E-state index in [2.05, 4.69) is 20.9 Å². The molecule has 2 heterocycles. The van der Waals surface area contributed by atoms with Gasteiger partial charge in [0.15, 0.2) is 0 Å². The Morgan fingerprint density at radius 3 is 2.71 bits per heavy atom. The highest BCUT2D eigenvalue weighted by atomic mass is 79.9. The van der Waals surface area contributed by atoms with Gasteiger partial charge < -0.3 is 0 Å². The molecule has 1 aromatic carbocycles. The third-order valence-electron chi connectivity index (χ3n) is 3.40. The summed E-state index contributed by atoms with van der Waals surface area (Å²) in [7, 11) is -4.72. The molecule has 0 bridgehead atoms. The minimum Gasteiger partial charge on any atom is -0.295 e. The zero-order valence-electron chi connectivity index (χ0n) is 10.7. The summed E-state index contributed by atoms with van der Waals surface area (Å²) in [5, 5.41) is -0.429. The highest BCUT2D eigenvalue weighted by Gasteiger charge is 2.39. The zero-order chi connectivity index (χ0) is 15.2. The molecular formula is C13H10BrFN2O3S. The van der Waals surface area contributed by atoms with Gasteiger partial charge in [-0.2, -0.15) is 8.42 Å². The maximum Gasteiger partial charge on any atom is 0.307 e. The fourth-order valence-electron chi connectivity index (χ4n) is 2.32. The van der Waals surface area contributed by atoms with E-state index >= 15 is 0 Å². The first-order valence-corrected chi connectivity index (χ1v) is 8.39. The van der Waals surface area contributed by atoms with Gasteiger partial charge in [0, 0.05) is 22.8 Å². The van der Waals surface area contributed by atoms with Gasteiger partial charge in [0.2, 0.25) is 5.91 Å². The van der Waals surface area contributed by atoms with Gasteiger partial charge in [0.1, 0.15) is 11.1 Å². The molecule has 2 aromatic rings. The van der Waals surface area contributed by atoms with Crippen molar-refractivity contribution in [2.24, 2.45) is 0 Å². The lowest BCUT2D eigenvalue weighted by atomic mass is 10.2. The largest absolute Gasteiger partial charge is 0.307 e. The number of carbonyl (C=O) groups excluding carboxylic acids is 1. The number of anilines is 1. The average molecular weight is 373 g/mol. The Bertz CT molecular complexity index is 840. The Kier molecular flexibility index (Phi) is 3.45. The van der Waals surface area contributed by atoms with Gasteiger partial charge in [-0.25, -0.2) is 4.98 Å². The van der Waals surface area contributed by atoms with Gasteiger partial charge in [-0.1, -0.05) is 15.9 Å². The Morgan fingerprint density at radius 1 is 1.29 bits per heavy atom. The molecule has 5 nitrogen and oxygen atoms in total. The zero-order valence-corrected chi connectivity index (χ0v) is 13.1. The van der Waals surface area contributed by atoms with Crippen LogP contribution in [-0.4, -0.2) is 31.1 Å². The number of fused-ring (bicyclic) bond motifs is 1. The SMILES string of the molecule is O=C1CC(S(=O)(=O)F)CN1c1ccc2cc(Br)ccc2n1. The van der Waals surface area contributed by atoms with Crippen molar-refractivity contribution in [3.63, 3.8) is 0 Å². The number of aromatic nitrogens is 1. The van der Waals surface area contributed by atoms with Crippen molar-refractivity contribution in [1.29, 1.82) is 0 Å². The first-order chi connectivity index (χ1) is 9.84. The summed E-state index contributed by atoms with van der Waals surface area (Å²) in [6, 6.07) is 8.90. The van der Waals surface area contributed by atoms with Crippen molar-refractivity contribution in [3.05, 3.63) is 34.8 Å². The third-order valence-corrected chi connectivity index (χ3v) is 5.01. The summed E-state index contributed by atoms with van der Waals surface area (Å²) in [4.78, 5) is 17.4. The van der Waals surface area contributed by atoms with Crippen molar-refractivity contribution in [1.82, 2.24) is 4.98 Å². The highest BCUT2D eigenvalue weighted by molar-refractivity contribution is 9.10. The molecule has 1 unspecified atom stereocenters. The normalized spacial score (nSPS) is 19.4. The number of rotatable bonds is 2. The summed E-state index contributed by atoms with van der Waals surface area (Å²) in [5.74, 6) is -0.105. The predicted octanol–water partition coefficient (Wildman–Crippen LogP) is 2.40. The summed E-state index contributed by atoms with van der Waals surface area (Å²) in [5.41, 5.74) is 0.676. The van der Waals surface area contributed by atoms with Gasteiger partial charge >= 0.3 is 10.2 Å². The number of pyridine rings is 1. The Morgan fingerprint density at radius 2 is 2.05 bits per heavy atom. The molecule has 0 N–H and O–H groups in total. The lowest BCUT2D eigenvalue weighted by Gasteiger charge is -2.15. The molecule has 1 saturated heterocycles. The summed E-state index contributed by atoms with van der Waals surface area (Å²) >= 11 is 3.36. The highest BCUT2D eigenvalue weighted by Crippen LogP contribution is 2.27. The lowest BCUT2D eigenvalue weighted by molar-refractivity contribution is -0.117. The summed E-state index contributed by atoms with van der Waals surface area (Å²) in [6.45, 7) is -0.202. The van der Waals surface area contributed by atoms with Crippen LogP contribution < -0.4 is 4.90 Å². The predicted molar refractivity (Wildman–Crippen MR) is 80.2 cm³/mol. The third kappa shape index (κ3) is 2.77. The molecule has 1 aliphatic rings. The molecule has 1 aromatic heterocycles. The topological polar surface area (TPSA) is 67.3 Å². The van der Waals surface area contributed by atoms with Crippen LogP contribution in [-0.2, 0) is 15.0 Å². The molecule has 1 atom stereocenters. The number of hydrogen-bond donors (Lipinski definition) is 0. The van der Waals surface area contributed by atoms with E-state index < -0.39 is 21.4 Å². The molecule has 110 valence electrons. The van der Waals surface area contributed by atoms with Crippen molar-refractivity contribution < 1.29 is 17.1 Å². The molecule has 0 saturated carbocycles. The van der Waals surface area contributed by atoms with Gasteiger partial charge in [-0.05, 0) is 30.3 Å². The van der Waals surface area contributed by atoms with Crippen LogP contribution in [0.3, 0.4) is 0 Å². The second kappa shape index (κ2) is 5.03. The second-order valence-electron chi connectivity index (χ2n) is 4.81. The van der Waals surface area contributed by atoms with Crippen molar-refractivity contribution in [2.75, 3.05) is 11.4 Å². The van der Waals surface area contributed by atoms with E-state index in [9.17, 15) is 17.1 Å².